The van der Waals surface area contributed by atoms with Crippen molar-refractivity contribution in [2.24, 2.45) is 0 Å². The summed E-state index contributed by atoms with van der Waals surface area (Å²) >= 11 is -8.27. The second-order valence-corrected chi connectivity index (χ2v) is 18.4. The Labute approximate surface area is 235 Å². The van der Waals surface area contributed by atoms with Crippen LogP contribution in [0.4, 0.5) is 61.5 Å². The molecule has 0 radical (unpaired) electrons. The first-order chi connectivity index (χ1) is 18.8. The Balaban J connectivity index is 6.60. The van der Waals surface area contributed by atoms with Crippen molar-refractivity contribution in [1.29, 1.82) is 0 Å². The monoisotopic (exact) mass is 744 g/mol. The van der Waals surface area contributed by atoms with Gasteiger partial charge in [-0.3, -0.25) is 0 Å². The molecule has 0 aromatic heterocycles. The number of hydrogen-bond donors (Lipinski definition) is 0. The van der Waals surface area contributed by atoms with Crippen LogP contribution in [0, 0.1) is 0 Å². The summed E-state index contributed by atoms with van der Waals surface area (Å²) in [6.07, 6.45) is -5.97. The molecule has 0 aliphatic carbocycles. The van der Waals surface area contributed by atoms with Crippen LogP contribution in [0.3, 0.4) is 0 Å². The molecular weight excluding hydrogens is 705 g/mol. The van der Waals surface area contributed by atoms with Crippen LogP contribution in [-0.2, 0) is 6.15 Å². The summed E-state index contributed by atoms with van der Waals surface area (Å²) < 4.78 is 194. The van der Waals surface area contributed by atoms with Crippen LogP contribution in [0.5, 0.6) is 0 Å². The van der Waals surface area contributed by atoms with Gasteiger partial charge in [-0.25, -0.2) is 0 Å². The van der Waals surface area contributed by atoms with Crippen molar-refractivity contribution in [1.82, 2.24) is 0 Å². The minimum atomic E-state index is -8.27. The van der Waals surface area contributed by atoms with Gasteiger partial charge in [-0.1, -0.05) is 0 Å². The number of hydrogen-bond acceptors (Lipinski definition) is 2. The van der Waals surface area contributed by atoms with Crippen LogP contribution in [0.25, 0.3) is 0 Å². The molecule has 0 rings (SSSR count). The molecule has 2 atom stereocenters. The summed E-state index contributed by atoms with van der Waals surface area (Å²) in [5.41, 5.74) is 0. The predicted molar refractivity (Wildman–Crippen MR) is 126 cm³/mol. The molecule has 0 N–H and O–H groups in total. The van der Waals surface area contributed by atoms with Crippen molar-refractivity contribution in [3.8, 4) is 0 Å². The van der Waals surface area contributed by atoms with Gasteiger partial charge in [0.2, 0.25) is 0 Å². The standard InChI is InChI=1S/2C8H17O.2C4H2F7.Sn/c2*1-2-3-4-5-6-7-8-9;2*5-1-3(8,9)4(10,11)2(6)7;/h2*2-8H2,1H3;2*1-2H;/q2*-1;;;+2. The Morgan fingerprint density at radius 1 is 0.439 bits per heavy atom. The normalized spacial score (nSPS) is 15.7. The zero-order valence-corrected chi connectivity index (χ0v) is 25.7. The third-order valence-electron chi connectivity index (χ3n) is 6.43. The van der Waals surface area contributed by atoms with Crippen molar-refractivity contribution < 1.29 is 67.6 Å². The molecule has 0 aliphatic heterocycles. The van der Waals surface area contributed by atoms with Crippen LogP contribution in [0.2, 0.25) is 0 Å². The fourth-order valence-corrected chi connectivity index (χ4v) is 13.1. The Morgan fingerprint density at radius 2 is 0.707 bits per heavy atom. The van der Waals surface area contributed by atoms with Gasteiger partial charge in [-0.05, 0) is 0 Å². The van der Waals surface area contributed by atoms with Gasteiger partial charge in [0.05, 0.1) is 0 Å². The maximum absolute atomic E-state index is 15.4. The molecule has 0 bridgehead atoms. The van der Waals surface area contributed by atoms with E-state index >= 15 is 8.78 Å². The Morgan fingerprint density at radius 3 is 0.976 bits per heavy atom. The molecule has 2 unspecified atom stereocenters. The molecule has 0 aliphatic rings. The summed E-state index contributed by atoms with van der Waals surface area (Å²) in [6.45, 7) is 1.43. The van der Waals surface area contributed by atoms with Crippen molar-refractivity contribution in [3.63, 3.8) is 0 Å². The average Bonchev–Trinajstić information content (AvgIpc) is 2.89. The van der Waals surface area contributed by atoms with Crippen LogP contribution in [0.1, 0.15) is 90.9 Å². The third-order valence-corrected chi connectivity index (χ3v) is 16.3. The van der Waals surface area contributed by atoms with Crippen LogP contribution < -0.4 is 0 Å². The van der Waals surface area contributed by atoms with Crippen molar-refractivity contribution in [2.45, 2.75) is 136 Å². The van der Waals surface area contributed by atoms with E-state index in [0.29, 0.717) is 25.7 Å². The van der Waals surface area contributed by atoms with Gasteiger partial charge >= 0.3 is 236 Å². The molecule has 41 heavy (non-hydrogen) atoms. The van der Waals surface area contributed by atoms with Gasteiger partial charge in [0.15, 0.2) is 0 Å². The SMILES string of the molecule is CCCCCCCC[O][Sn]([O]CCCCCCCC)([CH](F)C(F)(F)C(F)(F)C(F)F)[CH](F)C(F)(F)C(F)(F)C(F)F. The van der Waals surface area contributed by atoms with Gasteiger partial charge in [0.1, 0.15) is 0 Å². The third kappa shape index (κ3) is 10.4. The maximum atomic E-state index is 15.4. The molecule has 2 nitrogen and oxygen atoms in total. The van der Waals surface area contributed by atoms with E-state index in [4.69, 9.17) is 0 Å². The van der Waals surface area contributed by atoms with E-state index in [0.717, 1.165) is 25.7 Å². The van der Waals surface area contributed by atoms with Gasteiger partial charge in [0, 0.05) is 0 Å². The first-order valence-corrected chi connectivity index (χ1v) is 19.1. The Hall–Kier alpha value is -0.261. The van der Waals surface area contributed by atoms with Crippen LogP contribution in [-0.4, -0.2) is 77.3 Å². The molecule has 0 saturated heterocycles. The molecule has 0 spiro atoms. The fourth-order valence-electron chi connectivity index (χ4n) is 3.83. The Kier molecular flexibility index (Phi) is 17.8. The second kappa shape index (κ2) is 17.9. The molecule has 17 heteroatoms. The number of unbranched alkanes of at least 4 members (excludes halogenated alkanes) is 10. The van der Waals surface area contributed by atoms with Crippen molar-refractivity contribution in [2.75, 3.05) is 13.2 Å². The summed E-state index contributed by atoms with van der Waals surface area (Å²) in [7, 11) is 0. The molecule has 0 saturated carbocycles. The molecule has 248 valence electrons. The van der Waals surface area contributed by atoms with Crippen molar-refractivity contribution >= 4 is 19.2 Å². The summed E-state index contributed by atoms with van der Waals surface area (Å²) in [6, 6.07) is 0. The summed E-state index contributed by atoms with van der Waals surface area (Å²) in [5, 5.41) is 0. The molecule has 0 amide bonds. The van der Waals surface area contributed by atoms with Gasteiger partial charge in [-0.2, -0.15) is 0 Å². The quantitative estimate of drug-likeness (QED) is 0.0557. The number of rotatable bonds is 24. The fraction of sp³-hybridized carbons (Fsp3) is 1.00. The number of alkyl halides is 14. The van der Waals surface area contributed by atoms with Gasteiger partial charge in [-0.15, -0.1) is 0 Å². The van der Waals surface area contributed by atoms with E-state index in [9.17, 15) is 52.7 Å². The van der Waals surface area contributed by atoms with E-state index in [2.05, 4.69) is 6.15 Å². The van der Waals surface area contributed by atoms with E-state index in [1.165, 1.54) is 0 Å². The van der Waals surface area contributed by atoms with E-state index in [-0.39, 0.29) is 25.7 Å². The summed E-state index contributed by atoms with van der Waals surface area (Å²) in [5.74, 6) is -26.5. The molecule has 0 fully saturated rings. The molecule has 0 heterocycles. The average molecular weight is 743 g/mol. The van der Waals surface area contributed by atoms with E-state index in [1.807, 2.05) is 13.8 Å². The second-order valence-electron chi connectivity index (χ2n) is 9.77. The van der Waals surface area contributed by atoms with Crippen LogP contribution in [0.15, 0.2) is 0 Å². The predicted octanol–water partition coefficient (Wildman–Crippen LogP) is 10.0. The number of halogens is 14. The molecular formula is C24H38F14O2Sn. The van der Waals surface area contributed by atoms with Gasteiger partial charge in [0.25, 0.3) is 0 Å². The first-order valence-electron chi connectivity index (χ1n) is 13.5. The van der Waals surface area contributed by atoms with Crippen LogP contribution >= 0.6 is 0 Å². The van der Waals surface area contributed by atoms with Gasteiger partial charge < -0.3 is 0 Å². The zero-order chi connectivity index (χ0) is 32.1. The molecule has 0 aromatic rings. The minimum absolute atomic E-state index is 0.125. The topological polar surface area (TPSA) is 18.5 Å². The van der Waals surface area contributed by atoms with E-state index in [1.54, 1.807) is 0 Å². The van der Waals surface area contributed by atoms with Crippen molar-refractivity contribution in [3.05, 3.63) is 0 Å². The zero-order valence-electron chi connectivity index (χ0n) is 22.8. The first kappa shape index (κ1) is 40.7. The summed E-state index contributed by atoms with van der Waals surface area (Å²) in [4.78, 5) is 0. The molecule has 0 aromatic carbocycles. The van der Waals surface area contributed by atoms with E-state index < -0.39 is 77.3 Å². The Bertz CT molecular complexity index is 654.